The Balaban J connectivity index is 1.53. The maximum atomic E-state index is 13.2. The second kappa shape index (κ2) is 12.1. The van der Waals surface area contributed by atoms with E-state index >= 15 is 0 Å². The number of halogens is 2. The summed E-state index contributed by atoms with van der Waals surface area (Å²) in [5.74, 6) is -0.0548. The molecule has 0 bridgehead atoms. The number of nitrogens with one attached hydrogen (secondary N) is 2. The maximum Gasteiger partial charge on any atom is 0.319 e. The normalized spacial score (nSPS) is 10.7. The third-order valence-electron chi connectivity index (χ3n) is 6.07. The topological polar surface area (TPSA) is 101 Å². The van der Waals surface area contributed by atoms with Crippen LogP contribution in [0.3, 0.4) is 0 Å². The second-order valence-electron chi connectivity index (χ2n) is 8.77. The van der Waals surface area contributed by atoms with Gasteiger partial charge in [0.1, 0.15) is 6.61 Å². The molecule has 3 amide bonds. The average molecular weight is 565 g/mol. The van der Waals surface area contributed by atoms with Crippen LogP contribution in [0.4, 0.5) is 16.2 Å². The minimum absolute atomic E-state index is 0.0669. The smallest absolute Gasteiger partial charge is 0.319 e. The van der Waals surface area contributed by atoms with Crippen LogP contribution in [-0.4, -0.2) is 36.3 Å². The first-order valence-electron chi connectivity index (χ1n) is 12.0. The molecule has 0 spiro atoms. The van der Waals surface area contributed by atoms with Crippen molar-refractivity contribution in [3.05, 3.63) is 93.6 Å². The highest BCUT2D eigenvalue weighted by atomic mass is 35.5. The number of Topliss-reactive ketones (excluding diaryl/α,β-unsaturated/α-hetero) is 1. The fourth-order valence-corrected chi connectivity index (χ4v) is 4.49. The molecule has 0 aliphatic rings. The van der Waals surface area contributed by atoms with Crippen molar-refractivity contribution in [1.29, 1.82) is 0 Å². The molecule has 0 unspecified atom stereocenters. The number of hydrogen-bond donors (Lipinski definition) is 2. The van der Waals surface area contributed by atoms with Crippen LogP contribution in [0.2, 0.25) is 10.0 Å². The molecule has 200 valence electrons. The van der Waals surface area contributed by atoms with Crippen LogP contribution in [0.25, 0.3) is 10.9 Å². The van der Waals surface area contributed by atoms with Crippen molar-refractivity contribution in [2.75, 3.05) is 23.8 Å². The van der Waals surface area contributed by atoms with Gasteiger partial charge in [-0.1, -0.05) is 47.5 Å². The maximum absolute atomic E-state index is 13.2. The number of nitrogens with zero attached hydrogens (tertiary/aromatic N) is 2. The van der Waals surface area contributed by atoms with Gasteiger partial charge >= 0.3 is 6.03 Å². The first kappa shape index (κ1) is 27.9. The van der Waals surface area contributed by atoms with Gasteiger partial charge in [0.15, 0.2) is 11.5 Å². The summed E-state index contributed by atoms with van der Waals surface area (Å²) in [4.78, 5) is 43.2. The first-order chi connectivity index (χ1) is 18.7. The summed E-state index contributed by atoms with van der Waals surface area (Å²) in [6.45, 7) is 3.05. The lowest BCUT2D eigenvalue weighted by molar-refractivity contribution is -0.117. The monoisotopic (exact) mass is 564 g/mol. The van der Waals surface area contributed by atoms with Crippen molar-refractivity contribution in [3.8, 4) is 5.75 Å². The van der Waals surface area contributed by atoms with Crippen LogP contribution in [0.15, 0.2) is 66.7 Å². The van der Waals surface area contributed by atoms with Crippen LogP contribution < -0.4 is 20.3 Å². The summed E-state index contributed by atoms with van der Waals surface area (Å²) in [6.07, 6.45) is 0. The van der Waals surface area contributed by atoms with E-state index in [1.54, 1.807) is 56.4 Å². The lowest BCUT2D eigenvalue weighted by atomic mass is 10.1. The number of fused-ring (bicyclic) bond motifs is 1. The molecule has 0 atom stereocenters. The molecular formula is C29H26Cl2N4O4. The van der Waals surface area contributed by atoms with Crippen LogP contribution in [-0.2, 0) is 11.4 Å². The Morgan fingerprint density at radius 2 is 1.62 bits per heavy atom. The summed E-state index contributed by atoms with van der Waals surface area (Å²) >= 11 is 12.7. The summed E-state index contributed by atoms with van der Waals surface area (Å²) < 4.78 is 6.18. The number of amides is 3. The molecule has 39 heavy (non-hydrogen) atoms. The molecule has 0 fully saturated rings. The molecule has 0 aliphatic carbocycles. The third-order valence-corrected chi connectivity index (χ3v) is 6.78. The number of anilines is 2. The fourth-order valence-electron chi connectivity index (χ4n) is 3.98. The highest BCUT2D eigenvalue weighted by molar-refractivity contribution is 6.36. The molecule has 10 heteroatoms. The largest absolute Gasteiger partial charge is 0.485 e. The number of aryl methyl sites for hydroxylation is 1. The highest BCUT2D eigenvalue weighted by Crippen LogP contribution is 2.38. The van der Waals surface area contributed by atoms with Crippen molar-refractivity contribution >= 4 is 63.2 Å². The number of urea groups is 1. The lowest BCUT2D eigenvalue weighted by Gasteiger charge is -2.24. The highest BCUT2D eigenvalue weighted by Gasteiger charge is 2.23. The summed E-state index contributed by atoms with van der Waals surface area (Å²) in [5, 5.41) is 6.85. The minimum atomic E-state index is -0.562. The summed E-state index contributed by atoms with van der Waals surface area (Å²) in [7, 11) is 1.61. The molecule has 2 N–H and O–H groups in total. The summed E-state index contributed by atoms with van der Waals surface area (Å²) in [5.41, 5.74) is 3.41. The van der Waals surface area contributed by atoms with Crippen LogP contribution in [0.5, 0.6) is 5.75 Å². The molecular weight excluding hydrogens is 539 g/mol. The number of hydrogen-bond acceptors (Lipinski definition) is 5. The van der Waals surface area contributed by atoms with Gasteiger partial charge in [-0.05, 0) is 56.3 Å². The van der Waals surface area contributed by atoms with Gasteiger partial charge in [-0.15, -0.1) is 0 Å². The Morgan fingerprint density at radius 1 is 0.949 bits per heavy atom. The van der Waals surface area contributed by atoms with E-state index in [2.05, 4.69) is 15.6 Å². The van der Waals surface area contributed by atoms with Gasteiger partial charge in [-0.25, -0.2) is 9.78 Å². The van der Waals surface area contributed by atoms with Gasteiger partial charge < -0.3 is 20.3 Å². The molecule has 4 aromatic rings. The van der Waals surface area contributed by atoms with Crippen LogP contribution >= 0.6 is 23.2 Å². The quantitative estimate of drug-likeness (QED) is 0.240. The molecule has 0 radical (unpaired) electrons. The van der Waals surface area contributed by atoms with Crippen molar-refractivity contribution < 1.29 is 19.1 Å². The van der Waals surface area contributed by atoms with Gasteiger partial charge in [0.25, 0.3) is 0 Å². The number of carbonyl (C=O) groups is 3. The number of aromatic nitrogens is 1. The first-order valence-corrected chi connectivity index (χ1v) is 12.8. The predicted octanol–water partition coefficient (Wildman–Crippen LogP) is 6.42. The van der Waals surface area contributed by atoms with Crippen molar-refractivity contribution in [1.82, 2.24) is 10.3 Å². The lowest BCUT2D eigenvalue weighted by Crippen LogP contribution is -2.40. The Bertz CT molecular complexity index is 1540. The van der Waals surface area contributed by atoms with Crippen molar-refractivity contribution in [2.45, 2.75) is 20.5 Å². The fraction of sp³-hybridized carbons (Fsp3) is 0.172. The predicted molar refractivity (Wildman–Crippen MR) is 154 cm³/mol. The Hall–Kier alpha value is -4.14. The van der Waals surface area contributed by atoms with Gasteiger partial charge in [-0.3, -0.25) is 9.59 Å². The molecule has 3 aromatic carbocycles. The number of pyridine rings is 1. The second-order valence-corrected chi connectivity index (χ2v) is 9.59. The molecule has 1 aromatic heterocycles. The van der Waals surface area contributed by atoms with E-state index in [4.69, 9.17) is 27.9 Å². The van der Waals surface area contributed by atoms with Crippen molar-refractivity contribution in [3.63, 3.8) is 0 Å². The SMILES string of the molecule is CC(=O)c1ccc(NC(=O)NCC(=O)N(C)c2c(OCc3c(Cl)cccc3Cl)c(C)nc3ccccc23)cc1. The standard InChI is InChI=1S/C29H26Cl2N4O4/c1-17-28(39-16-22-23(30)8-6-9-24(22)31)27(21-7-4-5-10-25(21)33-17)35(3)26(37)15-32-29(38)34-20-13-11-19(12-14-20)18(2)36/h4-14H,15-16H2,1-3H3,(H2,32,34,38). The minimum Gasteiger partial charge on any atom is -0.485 e. The van der Waals surface area contributed by atoms with Gasteiger partial charge in [0, 0.05) is 39.3 Å². The van der Waals surface area contributed by atoms with E-state index in [0.29, 0.717) is 54.9 Å². The number of ketones is 1. The summed E-state index contributed by atoms with van der Waals surface area (Å²) in [6, 6.07) is 18.5. The van der Waals surface area contributed by atoms with E-state index in [-0.39, 0.29) is 24.8 Å². The Morgan fingerprint density at radius 3 is 2.28 bits per heavy atom. The molecule has 8 nitrogen and oxygen atoms in total. The van der Waals surface area contributed by atoms with E-state index in [9.17, 15) is 14.4 Å². The molecule has 0 saturated carbocycles. The van der Waals surface area contributed by atoms with Gasteiger partial charge in [0.05, 0.1) is 23.4 Å². The van der Waals surface area contributed by atoms with E-state index in [0.717, 1.165) is 0 Å². The average Bonchev–Trinajstić information content (AvgIpc) is 2.91. The Kier molecular flexibility index (Phi) is 8.69. The zero-order chi connectivity index (χ0) is 28.1. The number of benzene rings is 3. The number of para-hydroxylation sites is 1. The third kappa shape index (κ3) is 6.47. The van der Waals surface area contributed by atoms with Crippen LogP contribution in [0.1, 0.15) is 28.5 Å². The molecule has 0 saturated heterocycles. The number of rotatable bonds is 8. The van der Waals surface area contributed by atoms with Gasteiger partial charge in [-0.2, -0.15) is 0 Å². The molecule has 0 aliphatic heterocycles. The van der Waals surface area contributed by atoms with E-state index in [1.165, 1.54) is 11.8 Å². The number of likely N-dealkylation sites (N-methyl/N-ethyl adjacent to an activating group) is 1. The van der Waals surface area contributed by atoms with Crippen LogP contribution in [0, 0.1) is 6.92 Å². The van der Waals surface area contributed by atoms with Gasteiger partial charge in [0.2, 0.25) is 5.91 Å². The van der Waals surface area contributed by atoms with E-state index in [1.807, 2.05) is 24.3 Å². The van der Waals surface area contributed by atoms with E-state index < -0.39 is 6.03 Å². The number of ether oxygens (including phenoxy) is 1. The Labute approximate surface area is 235 Å². The zero-order valence-corrected chi connectivity index (χ0v) is 23.1. The van der Waals surface area contributed by atoms with Crippen molar-refractivity contribution in [2.24, 2.45) is 0 Å². The zero-order valence-electron chi connectivity index (χ0n) is 21.5. The molecule has 1 heterocycles. The molecule has 4 rings (SSSR count). The number of carbonyl (C=O) groups excluding carboxylic acids is 3.